The minimum absolute atomic E-state index is 0.565. The Kier molecular flexibility index (Phi) is 5.39. The van der Waals surface area contributed by atoms with Crippen LogP contribution in [0.2, 0.25) is 5.02 Å². The van der Waals surface area contributed by atoms with Crippen molar-refractivity contribution in [2.45, 2.75) is 19.9 Å². The van der Waals surface area contributed by atoms with E-state index in [1.807, 2.05) is 38.4 Å². The molecule has 2 aromatic carbocycles. The summed E-state index contributed by atoms with van der Waals surface area (Å²) in [5, 5.41) is 3.78. The van der Waals surface area contributed by atoms with Crippen LogP contribution in [-0.4, -0.2) is 35.1 Å². The fourth-order valence-electron chi connectivity index (χ4n) is 3.85. The van der Waals surface area contributed by atoms with E-state index in [2.05, 4.69) is 46.4 Å². The molecule has 0 fully saturated rings. The predicted molar refractivity (Wildman–Crippen MR) is 119 cm³/mol. The van der Waals surface area contributed by atoms with Gasteiger partial charge in [-0.05, 0) is 37.2 Å². The average molecular weight is 412 g/mol. The van der Waals surface area contributed by atoms with E-state index in [0.717, 1.165) is 47.6 Å². The maximum atomic E-state index is 6.72. The highest BCUT2D eigenvalue weighted by molar-refractivity contribution is 6.34. The lowest BCUT2D eigenvalue weighted by Gasteiger charge is -2.21. The number of fused-ring (bicyclic) bond motifs is 1. The van der Waals surface area contributed by atoms with Crippen LogP contribution in [0.25, 0.3) is 11.1 Å². The van der Waals surface area contributed by atoms with Gasteiger partial charge in [-0.15, -0.1) is 0 Å². The maximum Gasteiger partial charge on any atom is 0.236 e. The lowest BCUT2D eigenvalue weighted by molar-refractivity contribution is 0.305. The smallest absolute Gasteiger partial charge is 0.236 e. The first-order valence-corrected chi connectivity index (χ1v) is 10.1. The molecule has 0 unspecified atom stereocenters. The van der Waals surface area contributed by atoms with E-state index in [9.17, 15) is 0 Å². The fraction of sp³-hybridized carbons (Fsp3) is 0.318. The number of halogens is 1. The molecule has 2 N–H and O–H groups in total. The molecule has 0 amide bonds. The van der Waals surface area contributed by atoms with Crippen molar-refractivity contribution in [2.75, 3.05) is 31.4 Å². The van der Waals surface area contributed by atoms with Gasteiger partial charge < -0.3 is 19.6 Å². The summed E-state index contributed by atoms with van der Waals surface area (Å²) in [7, 11) is 6.03. The molecule has 1 aromatic heterocycles. The van der Waals surface area contributed by atoms with Gasteiger partial charge in [0.15, 0.2) is 5.75 Å². The van der Waals surface area contributed by atoms with Crippen molar-refractivity contribution < 1.29 is 4.84 Å². The minimum Gasteiger partial charge on any atom is -0.388 e. The first-order valence-electron chi connectivity index (χ1n) is 9.71. The Morgan fingerprint density at radius 3 is 2.66 bits per heavy atom. The number of hydrogen-bond acceptors (Lipinski definition) is 5. The lowest BCUT2D eigenvalue weighted by Crippen LogP contribution is -2.27. The van der Waals surface area contributed by atoms with Crippen LogP contribution in [0.1, 0.15) is 17.0 Å². The van der Waals surface area contributed by atoms with Gasteiger partial charge in [0.1, 0.15) is 0 Å². The Balaban J connectivity index is 1.60. The van der Waals surface area contributed by atoms with E-state index in [1.54, 1.807) is 0 Å². The van der Waals surface area contributed by atoms with Gasteiger partial charge in [0.05, 0.1) is 10.7 Å². The van der Waals surface area contributed by atoms with Crippen molar-refractivity contribution >= 4 is 23.2 Å². The first-order chi connectivity index (χ1) is 14.0. The summed E-state index contributed by atoms with van der Waals surface area (Å²) in [5.74, 6) is 1.25. The number of benzene rings is 2. The third kappa shape index (κ3) is 3.66. The molecule has 0 atom stereocenters. The van der Waals surface area contributed by atoms with Crippen molar-refractivity contribution in [3.05, 3.63) is 58.4 Å². The van der Waals surface area contributed by atoms with E-state index in [1.165, 1.54) is 5.69 Å². The molecule has 3 aromatic rings. The number of rotatable bonds is 5. The number of anilines is 2. The molecule has 2 heterocycles. The monoisotopic (exact) mass is 411 g/mol. The van der Waals surface area contributed by atoms with Gasteiger partial charge in [-0.2, -0.15) is 5.48 Å². The number of hydrogen-bond donors (Lipinski definition) is 2. The number of aromatic nitrogens is 2. The minimum atomic E-state index is 0.565. The summed E-state index contributed by atoms with van der Waals surface area (Å²) in [4.78, 5) is 12.8. The van der Waals surface area contributed by atoms with Gasteiger partial charge in [-0.1, -0.05) is 35.9 Å². The molecule has 29 heavy (non-hydrogen) atoms. The number of nitrogens with one attached hydrogen (secondary N) is 2. The van der Waals surface area contributed by atoms with Gasteiger partial charge in [0.25, 0.3) is 0 Å². The highest BCUT2D eigenvalue weighted by Crippen LogP contribution is 2.38. The van der Waals surface area contributed by atoms with Crippen LogP contribution in [0, 0.1) is 6.92 Å². The molecule has 7 heteroatoms. The van der Waals surface area contributed by atoms with Crippen molar-refractivity contribution in [1.82, 2.24) is 14.5 Å². The summed E-state index contributed by atoms with van der Waals surface area (Å²) < 4.78 is 2.06. The number of imidazole rings is 1. The van der Waals surface area contributed by atoms with Crippen molar-refractivity contribution in [3.63, 3.8) is 0 Å². The second kappa shape index (κ2) is 7.97. The highest BCUT2D eigenvalue weighted by Gasteiger charge is 2.21. The summed E-state index contributed by atoms with van der Waals surface area (Å²) in [6, 6.07) is 11.9. The van der Waals surface area contributed by atoms with Crippen LogP contribution in [-0.2, 0) is 20.0 Å². The third-order valence-electron chi connectivity index (χ3n) is 5.56. The third-order valence-corrected chi connectivity index (χ3v) is 5.95. The Hall–Kier alpha value is -2.70. The number of nitrogens with zero attached hydrogens (tertiary/aromatic N) is 3. The molecule has 4 rings (SSSR count). The molecular weight excluding hydrogens is 386 g/mol. The van der Waals surface area contributed by atoms with Gasteiger partial charge in [-0.25, -0.2) is 4.98 Å². The first kappa shape index (κ1) is 19.6. The van der Waals surface area contributed by atoms with Gasteiger partial charge in [0.2, 0.25) is 5.95 Å². The molecule has 0 spiro atoms. The quantitative estimate of drug-likeness (QED) is 0.606. The zero-order valence-corrected chi connectivity index (χ0v) is 18.0. The SMILES string of the molecule is CNc1cccc(-c2cccc(ONc3nc4c(n3C)CCN(C)C4)c2Cl)c1C. The predicted octanol–water partition coefficient (Wildman–Crippen LogP) is 4.48. The molecule has 0 bridgehead atoms. The summed E-state index contributed by atoms with van der Waals surface area (Å²) in [6.07, 6.45) is 0.980. The lowest BCUT2D eigenvalue weighted by atomic mass is 9.99. The van der Waals surface area contributed by atoms with Crippen LogP contribution in [0.5, 0.6) is 5.75 Å². The molecule has 0 saturated carbocycles. The Morgan fingerprint density at radius 1 is 1.10 bits per heavy atom. The molecule has 152 valence electrons. The van der Waals surface area contributed by atoms with Crippen LogP contribution in [0.15, 0.2) is 36.4 Å². The van der Waals surface area contributed by atoms with Gasteiger partial charge >= 0.3 is 0 Å². The zero-order chi connectivity index (χ0) is 20.5. The van der Waals surface area contributed by atoms with Crippen LogP contribution in [0.4, 0.5) is 11.6 Å². The van der Waals surface area contributed by atoms with E-state index >= 15 is 0 Å². The van der Waals surface area contributed by atoms with Crippen molar-refractivity contribution in [2.24, 2.45) is 7.05 Å². The Morgan fingerprint density at radius 2 is 1.86 bits per heavy atom. The summed E-state index contributed by atoms with van der Waals surface area (Å²) in [5.41, 5.74) is 9.55. The molecule has 6 nitrogen and oxygen atoms in total. The summed E-state index contributed by atoms with van der Waals surface area (Å²) in [6.45, 7) is 3.96. The zero-order valence-electron chi connectivity index (χ0n) is 17.2. The number of likely N-dealkylation sites (N-methyl/N-ethyl adjacent to an activating group) is 1. The van der Waals surface area contributed by atoms with E-state index in [0.29, 0.717) is 16.7 Å². The molecule has 1 aliphatic rings. The van der Waals surface area contributed by atoms with E-state index in [-0.39, 0.29) is 0 Å². The topological polar surface area (TPSA) is 54.4 Å². The van der Waals surface area contributed by atoms with E-state index < -0.39 is 0 Å². The molecular formula is C22H26ClN5O. The highest BCUT2D eigenvalue weighted by atomic mass is 35.5. The Labute approximate surface area is 176 Å². The summed E-state index contributed by atoms with van der Waals surface area (Å²) >= 11 is 6.72. The van der Waals surface area contributed by atoms with Crippen LogP contribution in [0.3, 0.4) is 0 Å². The second-order valence-corrected chi connectivity index (χ2v) is 7.80. The van der Waals surface area contributed by atoms with Crippen LogP contribution < -0.4 is 15.6 Å². The van der Waals surface area contributed by atoms with Crippen LogP contribution >= 0.6 is 11.6 Å². The second-order valence-electron chi connectivity index (χ2n) is 7.43. The van der Waals surface area contributed by atoms with Gasteiger partial charge in [0, 0.05) is 50.6 Å². The fourth-order valence-corrected chi connectivity index (χ4v) is 4.11. The molecule has 1 aliphatic heterocycles. The van der Waals surface area contributed by atoms with Gasteiger partial charge in [-0.3, -0.25) is 0 Å². The Bertz CT molecular complexity index is 1050. The molecule has 0 aliphatic carbocycles. The van der Waals surface area contributed by atoms with E-state index in [4.69, 9.17) is 21.4 Å². The standard InChI is InChI=1S/C22H26ClN5O/c1-14-15(7-5-9-17(14)24-2)16-8-6-10-20(21(16)23)29-26-22-25-18-13-27(3)12-11-19(18)28(22)4/h5-10,24H,11-13H2,1-4H3,(H,25,26). The molecule has 0 radical (unpaired) electrons. The van der Waals surface area contributed by atoms with Crippen molar-refractivity contribution in [1.29, 1.82) is 0 Å². The average Bonchev–Trinajstić information content (AvgIpc) is 3.02. The van der Waals surface area contributed by atoms with Crippen molar-refractivity contribution in [3.8, 4) is 16.9 Å². The largest absolute Gasteiger partial charge is 0.388 e. The normalized spacial score (nSPS) is 13.8. The molecule has 0 saturated heterocycles. The maximum absolute atomic E-state index is 6.72.